The zero-order valence-corrected chi connectivity index (χ0v) is 69.1. The second kappa shape index (κ2) is 42.9. The summed E-state index contributed by atoms with van der Waals surface area (Å²) >= 11 is 27.4. The first-order valence-corrected chi connectivity index (χ1v) is 37.6. The van der Waals surface area contributed by atoms with Gasteiger partial charge in [-0.15, -0.1) is 0 Å². The van der Waals surface area contributed by atoms with Crippen LogP contribution in [0.25, 0.3) is 56.6 Å². The van der Waals surface area contributed by atoms with Gasteiger partial charge in [0.1, 0.15) is 62.9 Å². The number of hydrogen-bond acceptors (Lipinski definition) is 22. The number of nitrogens with two attached hydrogens (primary N) is 1. The Morgan fingerprint density at radius 2 is 0.832 bits per heavy atom. The third-order valence-electron chi connectivity index (χ3n) is 16.1. The Hall–Kier alpha value is -9.78. The lowest BCUT2D eigenvalue weighted by molar-refractivity contribution is -0.117. The molecule has 0 saturated carbocycles. The summed E-state index contributed by atoms with van der Waals surface area (Å²) < 4.78 is 45.1. The lowest BCUT2D eigenvalue weighted by atomic mass is 9.79. The molecule has 1 aliphatic heterocycles. The predicted octanol–water partition coefficient (Wildman–Crippen LogP) is 16.9. The lowest BCUT2D eigenvalue weighted by Gasteiger charge is -2.32. The van der Waals surface area contributed by atoms with E-state index >= 15 is 0 Å². The first-order valence-electron chi connectivity index (χ1n) is 34.1. The van der Waals surface area contributed by atoms with Crippen LogP contribution in [0.2, 0.25) is 15.1 Å². The maximum Gasteiger partial charge on any atom is 0.494 e. The van der Waals surface area contributed by atoms with E-state index in [0.717, 1.165) is 16.7 Å². The first-order chi connectivity index (χ1) is 53.0. The Morgan fingerprint density at radius 1 is 0.478 bits per heavy atom. The van der Waals surface area contributed by atoms with Crippen LogP contribution < -0.4 is 16.7 Å². The van der Waals surface area contributed by atoms with Crippen molar-refractivity contribution in [3.8, 4) is 56.6 Å². The summed E-state index contributed by atoms with van der Waals surface area (Å²) in [6, 6.07) is 40.9. The number of Topliss-reactive ketones (excluding diaryl/α,β-unsaturated/α-hetero) is 4. The van der Waals surface area contributed by atoms with Crippen molar-refractivity contribution in [3.63, 3.8) is 0 Å². The molecular weight excluding hydrogens is 1710 g/mol. The van der Waals surface area contributed by atoms with Gasteiger partial charge in [0.05, 0.1) is 40.0 Å². The number of carboxylic acid groups (broad SMARTS) is 1. The second-order valence-corrected chi connectivity index (χ2v) is 28.9. The molecule has 0 spiro atoms. The molecule has 12 rings (SSSR count). The van der Waals surface area contributed by atoms with E-state index in [0.29, 0.717) is 128 Å². The van der Waals surface area contributed by atoms with Gasteiger partial charge in [-0.05, 0) is 213 Å². The molecule has 1 amide bonds. The number of carbonyl (C=O) groups excluding carboxylic acids is 7. The number of carbonyl (C=O) groups is 8. The number of rotatable bonds is 21. The number of ketones is 4. The number of nitrogens with zero attached hydrogens (tertiary/aromatic N) is 4. The van der Waals surface area contributed by atoms with Gasteiger partial charge in [0, 0.05) is 124 Å². The van der Waals surface area contributed by atoms with Crippen LogP contribution >= 0.6 is 82.6 Å². The third-order valence-corrected chi connectivity index (χ3v) is 18.7. The number of benzene rings is 3. The number of aromatic nitrogens is 4. The number of pyridine rings is 4. The number of esters is 2. The molecule has 0 radical (unpaired) electrons. The minimum atomic E-state index is -1.48. The number of ether oxygens (including phenoxy) is 2. The maximum atomic E-state index is 11.8. The van der Waals surface area contributed by atoms with Crippen molar-refractivity contribution < 1.29 is 90.0 Å². The van der Waals surface area contributed by atoms with Crippen molar-refractivity contribution in [3.05, 3.63) is 244 Å². The quantitative estimate of drug-likeness (QED) is 0.0383. The smallest absolute Gasteiger partial charge is 0.478 e. The van der Waals surface area contributed by atoms with Crippen molar-refractivity contribution in [2.75, 3.05) is 13.2 Å². The highest BCUT2D eigenvalue weighted by Crippen LogP contribution is 2.40. The number of halogens is 6. The molecular formula is C81H79B2Br3Cl3N5O19. The van der Waals surface area contributed by atoms with Gasteiger partial charge >= 0.3 is 32.1 Å². The Kier molecular flexibility index (Phi) is 35.0. The summed E-state index contributed by atoms with van der Waals surface area (Å²) in [5.41, 5.74) is 12.8. The topological polar surface area (TPSA) is 364 Å². The van der Waals surface area contributed by atoms with E-state index < -0.39 is 32.1 Å². The largest absolute Gasteiger partial charge is 0.494 e. The lowest BCUT2D eigenvalue weighted by Crippen LogP contribution is -2.41. The molecule has 24 nitrogen and oxygen atoms in total. The summed E-state index contributed by atoms with van der Waals surface area (Å²) in [4.78, 5) is 108. The number of amides is 1. The highest BCUT2D eigenvalue weighted by Gasteiger charge is 2.52. The van der Waals surface area contributed by atoms with Gasteiger partial charge < -0.3 is 57.3 Å². The zero-order chi connectivity index (χ0) is 82.3. The number of hydrogen-bond donors (Lipinski definition) is 4. The molecule has 11 aromatic rings. The molecule has 8 aromatic heterocycles. The summed E-state index contributed by atoms with van der Waals surface area (Å²) in [5.74, 6) is -0.567. The molecule has 590 valence electrons. The zero-order valence-electron chi connectivity index (χ0n) is 62.1. The minimum absolute atomic E-state index is 0. The highest BCUT2D eigenvalue weighted by atomic mass is 79.9. The minimum Gasteiger partial charge on any atom is -0.478 e. The fourth-order valence-corrected chi connectivity index (χ4v) is 12.4. The molecule has 32 heteroatoms. The van der Waals surface area contributed by atoms with E-state index in [1.807, 2.05) is 39.8 Å². The van der Waals surface area contributed by atoms with Crippen LogP contribution in [0, 0.1) is 0 Å². The molecule has 0 unspecified atom stereocenters. The van der Waals surface area contributed by atoms with Gasteiger partial charge in [-0.25, -0.2) is 14.4 Å². The molecule has 113 heavy (non-hydrogen) atoms. The summed E-state index contributed by atoms with van der Waals surface area (Å²) in [5, 5.41) is 28.1. The van der Waals surface area contributed by atoms with Crippen molar-refractivity contribution in [1.82, 2.24) is 19.9 Å². The number of carboxylic acids is 1. The van der Waals surface area contributed by atoms with Crippen LogP contribution in [0.15, 0.2) is 202 Å². The van der Waals surface area contributed by atoms with Gasteiger partial charge in [0.2, 0.25) is 0 Å². The number of aromatic carboxylic acids is 1. The Labute approximate surface area is 693 Å². The van der Waals surface area contributed by atoms with E-state index in [1.165, 1.54) is 26.8 Å². The summed E-state index contributed by atoms with van der Waals surface area (Å²) in [6.07, 6.45) is 7.49. The van der Waals surface area contributed by atoms with Gasteiger partial charge in [-0.3, -0.25) is 43.9 Å². The van der Waals surface area contributed by atoms with Gasteiger partial charge in [0.15, 0.2) is 19.8 Å². The van der Waals surface area contributed by atoms with Crippen LogP contribution in [0.3, 0.4) is 0 Å². The van der Waals surface area contributed by atoms with E-state index in [2.05, 4.69) is 67.7 Å². The van der Waals surface area contributed by atoms with Gasteiger partial charge in [-0.2, -0.15) is 0 Å². The van der Waals surface area contributed by atoms with Crippen molar-refractivity contribution in [2.24, 2.45) is 5.73 Å². The highest BCUT2D eigenvalue weighted by molar-refractivity contribution is 9.11. The molecule has 0 atom stereocenters. The molecule has 0 bridgehead atoms. The van der Waals surface area contributed by atoms with Crippen molar-refractivity contribution in [1.29, 1.82) is 0 Å². The molecule has 9 heterocycles. The SMILES string of the molecule is C.CC(=O)Cc1cc(-c2cc(C(=O)O)c(-c3ccccc3Cl)o2)ccn1.CC(=O)Cc1cc(-c2cc(C(N)=O)c(-c3ccccc3Cl)o2)ccn1.CC(=O)Cc1cc(B2OC(C)(C)C(C)(C)O2)ccn1.CCOC(=O)c1cc(-c2ccnc(CC(C)=O)c2)oc1Br.CCOC(=O)c1cc(Br)oc1Br.OB(O)c1ccccc1Cl. The predicted molar refractivity (Wildman–Crippen MR) is 441 cm³/mol. The normalized spacial score (nSPS) is 12.0. The third kappa shape index (κ3) is 26.7. The van der Waals surface area contributed by atoms with E-state index in [9.17, 15) is 43.5 Å². The van der Waals surface area contributed by atoms with E-state index in [-0.39, 0.29) is 83.9 Å². The molecule has 1 saturated heterocycles. The van der Waals surface area contributed by atoms with Crippen molar-refractivity contribution in [2.45, 2.75) is 114 Å². The average Bonchev–Trinajstić information content (AvgIpc) is 1.62. The second-order valence-electron chi connectivity index (χ2n) is 25.5. The van der Waals surface area contributed by atoms with Gasteiger partial charge in [-0.1, -0.05) is 84.7 Å². The van der Waals surface area contributed by atoms with Crippen LogP contribution in [0.4, 0.5) is 0 Å². The van der Waals surface area contributed by atoms with Crippen LogP contribution in [0.1, 0.15) is 141 Å². The van der Waals surface area contributed by atoms with Gasteiger partial charge in [0.25, 0.3) is 5.91 Å². The first kappa shape index (κ1) is 92.1. The molecule has 0 aliphatic carbocycles. The van der Waals surface area contributed by atoms with Crippen LogP contribution in [-0.2, 0) is 63.6 Å². The standard InChI is InChI=1S/C19H15ClN2O3.C19H14ClNO4.C15H14BrNO4.C14H20BNO3.C7H6Br2O3.C6H6BClO2.CH4/c1-11(23)8-13-9-12(6-7-22-13)17-10-15(19(21)24)18(25-17)14-4-2-3-5-16(14)20;1-11(22)8-13-9-12(6-7-21-13)17-10-15(19(23)24)18(25-17)14-4-2-3-5-16(14)20;1-3-20-15(19)12-8-13(21-14(12)16)10-4-5-17-11(7-10)6-9(2)18;1-10(17)8-12-9-11(6-7-16-12)15-18-13(2,3)14(4,5)19-15;1-2-11-7(10)4-3-5(8)12-6(4)9;8-6-4-2-1-3-5(6)7(9)10;/h2-7,9-10H,8H2,1H3,(H2,21,24);2-7,9-10H,8H2,1H3,(H,23,24);4-5,7-8H,3,6H2,1-2H3;6-7,9H,8H2,1-5H3;3H,2H2,1H3;1-4,9-10H;1H4. The Balaban J connectivity index is 0.000000216. The monoisotopic (exact) mass is 1790 g/mol. The average molecular weight is 1790 g/mol. The fraction of sp³-hybridized carbons (Fsp3) is 0.235. The molecule has 1 aliphatic rings. The summed E-state index contributed by atoms with van der Waals surface area (Å²) in [7, 11) is -1.88. The fourth-order valence-electron chi connectivity index (χ4n) is 10.3. The summed E-state index contributed by atoms with van der Waals surface area (Å²) in [6.45, 7) is 18.3. The molecule has 3 aromatic carbocycles. The van der Waals surface area contributed by atoms with E-state index in [4.69, 9.17) is 87.0 Å². The maximum absolute atomic E-state index is 11.8. The molecule has 1 fully saturated rings. The van der Waals surface area contributed by atoms with Crippen LogP contribution in [-0.4, -0.2) is 121 Å². The number of furan rings is 4. The van der Waals surface area contributed by atoms with Crippen molar-refractivity contribution >= 4 is 155 Å². The Bertz CT molecular complexity index is 5020. The number of primary amides is 1. The molecule has 5 N–H and O–H groups in total. The Morgan fingerprint density at radius 3 is 1.19 bits per heavy atom. The van der Waals surface area contributed by atoms with Crippen LogP contribution in [0.5, 0.6) is 0 Å². The van der Waals surface area contributed by atoms with E-state index in [1.54, 1.807) is 173 Å².